The summed E-state index contributed by atoms with van der Waals surface area (Å²) in [4.78, 5) is 22.6. The molecule has 154 valence electrons. The van der Waals surface area contributed by atoms with E-state index in [1.807, 2.05) is 53.4 Å². The van der Waals surface area contributed by atoms with Gasteiger partial charge < -0.3 is 19.7 Å². The number of piperazine rings is 1. The fourth-order valence-electron chi connectivity index (χ4n) is 3.72. The minimum Gasteiger partial charge on any atom is -0.497 e. The van der Waals surface area contributed by atoms with Crippen molar-refractivity contribution in [1.29, 1.82) is 0 Å². The van der Waals surface area contributed by atoms with Crippen LogP contribution in [0.3, 0.4) is 0 Å². The highest BCUT2D eigenvalue weighted by atomic mass is 16.5. The van der Waals surface area contributed by atoms with Crippen LogP contribution < -0.4 is 14.8 Å². The van der Waals surface area contributed by atoms with E-state index in [2.05, 4.69) is 15.3 Å². The molecule has 2 unspecified atom stereocenters. The molecule has 1 fully saturated rings. The van der Waals surface area contributed by atoms with Gasteiger partial charge in [0.15, 0.2) is 0 Å². The lowest BCUT2D eigenvalue weighted by atomic mass is 9.96. The summed E-state index contributed by atoms with van der Waals surface area (Å²) in [5, 5.41) is 3.42. The first kappa shape index (κ1) is 19.8. The Labute approximate surface area is 175 Å². The molecule has 1 aliphatic rings. The van der Waals surface area contributed by atoms with Crippen LogP contribution in [0.4, 0.5) is 0 Å². The number of pyridine rings is 2. The van der Waals surface area contributed by atoms with E-state index in [-0.39, 0.29) is 12.1 Å². The highest BCUT2D eigenvalue weighted by molar-refractivity contribution is 5.68. The van der Waals surface area contributed by atoms with Gasteiger partial charge in [0.05, 0.1) is 31.1 Å². The van der Waals surface area contributed by atoms with Crippen molar-refractivity contribution < 1.29 is 14.3 Å². The number of nitrogens with zero attached hydrogens (tertiary/aromatic N) is 3. The zero-order valence-corrected chi connectivity index (χ0v) is 16.8. The van der Waals surface area contributed by atoms with Crippen LogP contribution in [0.2, 0.25) is 0 Å². The Bertz CT molecular complexity index is 966. The molecule has 0 radical (unpaired) electrons. The topological polar surface area (TPSA) is 76.6 Å². The van der Waals surface area contributed by atoms with Crippen LogP contribution in [-0.4, -0.2) is 54.1 Å². The largest absolute Gasteiger partial charge is 0.497 e. The summed E-state index contributed by atoms with van der Waals surface area (Å²) in [6, 6.07) is 15.2. The molecular formula is C23H24N4O3. The number of amides is 1. The average Bonchev–Trinajstić information content (AvgIpc) is 2.83. The van der Waals surface area contributed by atoms with Crippen molar-refractivity contribution in [3.05, 3.63) is 72.8 Å². The third-order valence-corrected chi connectivity index (χ3v) is 5.25. The second kappa shape index (κ2) is 9.37. The van der Waals surface area contributed by atoms with Crippen LogP contribution >= 0.6 is 0 Å². The van der Waals surface area contributed by atoms with Crippen LogP contribution in [0.15, 0.2) is 67.1 Å². The number of nitrogens with one attached hydrogen (secondary N) is 1. The average molecular weight is 404 g/mol. The van der Waals surface area contributed by atoms with E-state index in [9.17, 15) is 4.79 Å². The molecule has 7 nitrogen and oxygen atoms in total. The number of aromatic nitrogens is 2. The first-order valence-electron chi connectivity index (χ1n) is 9.85. The van der Waals surface area contributed by atoms with Gasteiger partial charge in [-0.1, -0.05) is 18.2 Å². The van der Waals surface area contributed by atoms with E-state index in [0.717, 1.165) is 29.0 Å². The summed E-state index contributed by atoms with van der Waals surface area (Å²) in [6.45, 7) is 1.65. The SMILES string of the molecule is COc1ccc(-c2cccnc2C2CNCC(COc3cccnc3)N2C=O)cc1. The van der Waals surface area contributed by atoms with Crippen LogP contribution in [0.25, 0.3) is 11.1 Å². The summed E-state index contributed by atoms with van der Waals surface area (Å²) < 4.78 is 11.1. The Hall–Kier alpha value is -3.45. The molecule has 0 spiro atoms. The number of carbonyl (C=O) groups excluding carboxylic acids is 1. The number of rotatable bonds is 7. The van der Waals surface area contributed by atoms with Gasteiger partial charge in [-0.2, -0.15) is 0 Å². The molecule has 1 N–H and O–H groups in total. The van der Waals surface area contributed by atoms with Gasteiger partial charge in [-0.05, 0) is 35.9 Å². The van der Waals surface area contributed by atoms with Crippen molar-refractivity contribution in [1.82, 2.24) is 20.2 Å². The van der Waals surface area contributed by atoms with E-state index < -0.39 is 0 Å². The lowest BCUT2D eigenvalue weighted by Crippen LogP contribution is -2.54. The fourth-order valence-corrected chi connectivity index (χ4v) is 3.72. The number of benzene rings is 1. The van der Waals surface area contributed by atoms with Gasteiger partial charge in [0.2, 0.25) is 6.41 Å². The van der Waals surface area contributed by atoms with E-state index in [0.29, 0.717) is 25.4 Å². The molecule has 30 heavy (non-hydrogen) atoms. The smallest absolute Gasteiger partial charge is 0.210 e. The Kier molecular flexibility index (Phi) is 6.20. The van der Waals surface area contributed by atoms with Crippen LogP contribution in [-0.2, 0) is 4.79 Å². The fraction of sp³-hybridized carbons (Fsp3) is 0.261. The van der Waals surface area contributed by atoms with Gasteiger partial charge >= 0.3 is 0 Å². The lowest BCUT2D eigenvalue weighted by Gasteiger charge is -2.40. The molecule has 2 atom stereocenters. The Morgan fingerprint density at radius 1 is 1.10 bits per heavy atom. The maximum atomic E-state index is 12.1. The Balaban J connectivity index is 1.58. The molecule has 4 rings (SSSR count). The van der Waals surface area contributed by atoms with Gasteiger partial charge in [-0.15, -0.1) is 0 Å². The maximum Gasteiger partial charge on any atom is 0.210 e. The van der Waals surface area contributed by atoms with Crippen LogP contribution in [0, 0.1) is 0 Å². The zero-order chi connectivity index (χ0) is 20.8. The molecule has 1 amide bonds. The first-order chi connectivity index (χ1) is 14.8. The molecule has 1 aliphatic heterocycles. The standard InChI is InChI=1S/C23H24N4O3/c1-29-19-8-6-17(7-9-19)21-5-3-11-26-23(21)22-14-25-12-18(27(22)16-28)15-30-20-4-2-10-24-13-20/h2-11,13,16,18,22,25H,12,14-15H2,1H3. The quantitative estimate of drug-likeness (QED) is 0.610. The van der Waals surface area contributed by atoms with Crippen molar-refractivity contribution in [3.8, 4) is 22.6 Å². The highest BCUT2D eigenvalue weighted by Gasteiger charge is 2.33. The van der Waals surface area contributed by atoms with Gasteiger partial charge in [-0.3, -0.25) is 14.8 Å². The van der Waals surface area contributed by atoms with Gasteiger partial charge in [0.1, 0.15) is 18.1 Å². The van der Waals surface area contributed by atoms with Crippen LogP contribution in [0.5, 0.6) is 11.5 Å². The van der Waals surface area contributed by atoms with E-state index >= 15 is 0 Å². The summed E-state index contributed by atoms with van der Waals surface area (Å²) in [6.07, 6.45) is 6.03. The molecule has 1 saturated heterocycles. The van der Waals surface area contributed by atoms with E-state index in [1.165, 1.54) is 0 Å². The molecule has 0 saturated carbocycles. The van der Waals surface area contributed by atoms with Crippen molar-refractivity contribution in [2.24, 2.45) is 0 Å². The number of carbonyl (C=O) groups is 1. The summed E-state index contributed by atoms with van der Waals surface area (Å²) in [7, 11) is 1.65. The molecular weight excluding hydrogens is 380 g/mol. The third-order valence-electron chi connectivity index (χ3n) is 5.25. The molecule has 2 aromatic heterocycles. The molecule has 0 aliphatic carbocycles. The molecule has 0 bridgehead atoms. The first-order valence-corrected chi connectivity index (χ1v) is 9.85. The number of methoxy groups -OCH3 is 1. The normalized spacial score (nSPS) is 18.6. The third kappa shape index (κ3) is 4.26. The molecule has 3 heterocycles. The zero-order valence-electron chi connectivity index (χ0n) is 16.8. The van der Waals surface area contributed by atoms with Gasteiger partial charge in [-0.25, -0.2) is 0 Å². The summed E-state index contributed by atoms with van der Waals surface area (Å²) >= 11 is 0. The van der Waals surface area contributed by atoms with Crippen molar-refractivity contribution in [2.75, 3.05) is 26.8 Å². The summed E-state index contributed by atoms with van der Waals surface area (Å²) in [5.41, 5.74) is 2.87. The monoisotopic (exact) mass is 404 g/mol. The van der Waals surface area contributed by atoms with Crippen LogP contribution in [0.1, 0.15) is 11.7 Å². The molecule has 3 aromatic rings. The Morgan fingerprint density at radius 3 is 2.67 bits per heavy atom. The maximum absolute atomic E-state index is 12.1. The second-order valence-corrected chi connectivity index (χ2v) is 7.04. The second-order valence-electron chi connectivity index (χ2n) is 7.04. The van der Waals surface area contributed by atoms with Gasteiger partial charge in [0, 0.05) is 31.0 Å². The van der Waals surface area contributed by atoms with E-state index in [4.69, 9.17) is 9.47 Å². The molecule has 7 heteroatoms. The molecule has 1 aromatic carbocycles. The number of ether oxygens (including phenoxy) is 2. The summed E-state index contributed by atoms with van der Waals surface area (Å²) in [5.74, 6) is 1.48. The van der Waals surface area contributed by atoms with Crippen molar-refractivity contribution >= 4 is 6.41 Å². The predicted octanol–water partition coefficient (Wildman–Crippen LogP) is 2.70. The van der Waals surface area contributed by atoms with Crippen molar-refractivity contribution in [2.45, 2.75) is 12.1 Å². The Morgan fingerprint density at radius 2 is 1.93 bits per heavy atom. The predicted molar refractivity (Wildman–Crippen MR) is 113 cm³/mol. The lowest BCUT2D eigenvalue weighted by molar-refractivity contribution is -0.125. The number of hydrogen-bond acceptors (Lipinski definition) is 6. The minimum atomic E-state index is -0.197. The van der Waals surface area contributed by atoms with Gasteiger partial charge in [0.25, 0.3) is 0 Å². The van der Waals surface area contributed by atoms with E-state index in [1.54, 1.807) is 25.7 Å². The minimum absolute atomic E-state index is 0.118. The number of hydrogen-bond donors (Lipinski definition) is 1. The van der Waals surface area contributed by atoms with Crippen molar-refractivity contribution in [3.63, 3.8) is 0 Å². The highest BCUT2D eigenvalue weighted by Crippen LogP contribution is 2.32.